The Bertz CT molecular complexity index is 518. The Labute approximate surface area is 103 Å². The van der Waals surface area contributed by atoms with Crippen LogP contribution in [0.3, 0.4) is 0 Å². The summed E-state index contributed by atoms with van der Waals surface area (Å²) in [7, 11) is -3.69. The molecule has 0 aromatic heterocycles. The number of benzene rings is 1. The number of hydrogen-bond acceptors (Lipinski definition) is 2. The van der Waals surface area contributed by atoms with E-state index in [1.807, 2.05) is 0 Å². The second-order valence-corrected chi connectivity index (χ2v) is 6.08. The van der Waals surface area contributed by atoms with Crippen LogP contribution in [0.1, 0.15) is 18.4 Å². The van der Waals surface area contributed by atoms with Crippen molar-refractivity contribution in [3.63, 3.8) is 0 Å². The number of halogens is 3. The lowest BCUT2D eigenvalue weighted by atomic mass is 10.2. The Balaban J connectivity index is 2.12. The molecule has 0 saturated heterocycles. The Kier molecular flexibility index (Phi) is 3.37. The van der Waals surface area contributed by atoms with Gasteiger partial charge in [-0.05, 0) is 43.0 Å². The molecular formula is C11H12F3NO2S. The molecule has 2 rings (SSSR count). The van der Waals surface area contributed by atoms with Crippen molar-refractivity contribution in [1.29, 1.82) is 0 Å². The van der Waals surface area contributed by atoms with E-state index in [2.05, 4.69) is 4.72 Å². The van der Waals surface area contributed by atoms with Gasteiger partial charge in [0.25, 0.3) is 0 Å². The molecule has 0 atom stereocenters. The summed E-state index contributed by atoms with van der Waals surface area (Å²) >= 11 is 0. The van der Waals surface area contributed by atoms with Gasteiger partial charge in [-0.3, -0.25) is 0 Å². The molecule has 0 radical (unpaired) electrons. The minimum absolute atomic E-state index is 0.142. The molecule has 0 amide bonds. The van der Waals surface area contributed by atoms with Gasteiger partial charge in [0.2, 0.25) is 10.0 Å². The van der Waals surface area contributed by atoms with E-state index in [0.717, 1.165) is 37.1 Å². The number of nitrogens with one attached hydrogen (secondary N) is 1. The molecule has 0 unspecified atom stereocenters. The molecule has 0 heterocycles. The van der Waals surface area contributed by atoms with Gasteiger partial charge < -0.3 is 0 Å². The zero-order valence-electron chi connectivity index (χ0n) is 9.37. The summed E-state index contributed by atoms with van der Waals surface area (Å²) in [6.07, 6.45) is -2.46. The lowest BCUT2D eigenvalue weighted by Crippen LogP contribution is -2.25. The average Bonchev–Trinajstić information content (AvgIpc) is 3.09. The van der Waals surface area contributed by atoms with Gasteiger partial charge in [0.05, 0.1) is 10.5 Å². The van der Waals surface area contributed by atoms with Crippen molar-refractivity contribution in [2.75, 3.05) is 6.54 Å². The van der Waals surface area contributed by atoms with E-state index in [0.29, 0.717) is 12.5 Å². The predicted octanol–water partition coefficient (Wildman–Crippen LogP) is 2.39. The van der Waals surface area contributed by atoms with Crippen molar-refractivity contribution >= 4 is 10.0 Å². The number of alkyl halides is 3. The first-order chi connectivity index (χ1) is 8.29. The molecule has 0 bridgehead atoms. The molecule has 18 heavy (non-hydrogen) atoms. The van der Waals surface area contributed by atoms with E-state index in [9.17, 15) is 21.6 Å². The van der Waals surface area contributed by atoms with Crippen LogP contribution in [0.2, 0.25) is 0 Å². The summed E-state index contributed by atoms with van der Waals surface area (Å²) in [6, 6.07) is 3.48. The van der Waals surface area contributed by atoms with Crippen molar-refractivity contribution in [2.24, 2.45) is 5.92 Å². The van der Waals surface area contributed by atoms with E-state index in [4.69, 9.17) is 0 Å². The molecule has 1 aromatic rings. The van der Waals surface area contributed by atoms with Gasteiger partial charge >= 0.3 is 6.18 Å². The Morgan fingerprint density at radius 1 is 1.17 bits per heavy atom. The monoisotopic (exact) mass is 279 g/mol. The largest absolute Gasteiger partial charge is 0.416 e. The minimum atomic E-state index is -4.45. The molecule has 1 aromatic carbocycles. The van der Waals surface area contributed by atoms with E-state index in [1.165, 1.54) is 0 Å². The predicted molar refractivity (Wildman–Crippen MR) is 59.4 cm³/mol. The van der Waals surface area contributed by atoms with Crippen LogP contribution in [0.4, 0.5) is 13.2 Å². The second kappa shape index (κ2) is 4.55. The van der Waals surface area contributed by atoms with Gasteiger partial charge in [-0.15, -0.1) is 0 Å². The smallest absolute Gasteiger partial charge is 0.211 e. The van der Waals surface area contributed by atoms with Crippen LogP contribution >= 0.6 is 0 Å². The minimum Gasteiger partial charge on any atom is -0.211 e. The average molecular weight is 279 g/mol. The Morgan fingerprint density at radius 3 is 2.17 bits per heavy atom. The van der Waals surface area contributed by atoms with E-state index in [1.54, 1.807) is 0 Å². The lowest BCUT2D eigenvalue weighted by Gasteiger charge is -2.09. The van der Waals surface area contributed by atoms with Crippen molar-refractivity contribution in [2.45, 2.75) is 23.9 Å². The summed E-state index contributed by atoms with van der Waals surface area (Å²) in [4.78, 5) is -0.142. The van der Waals surface area contributed by atoms with Crippen molar-refractivity contribution < 1.29 is 21.6 Å². The van der Waals surface area contributed by atoms with E-state index < -0.39 is 21.8 Å². The lowest BCUT2D eigenvalue weighted by molar-refractivity contribution is -0.137. The molecule has 1 saturated carbocycles. The highest BCUT2D eigenvalue weighted by molar-refractivity contribution is 7.89. The van der Waals surface area contributed by atoms with Gasteiger partial charge in [-0.1, -0.05) is 0 Å². The number of rotatable bonds is 4. The molecule has 100 valence electrons. The summed E-state index contributed by atoms with van der Waals surface area (Å²) in [5, 5.41) is 0. The highest BCUT2D eigenvalue weighted by Gasteiger charge is 2.31. The van der Waals surface area contributed by atoms with Gasteiger partial charge in [0, 0.05) is 6.54 Å². The van der Waals surface area contributed by atoms with Crippen LogP contribution in [0.15, 0.2) is 29.2 Å². The van der Waals surface area contributed by atoms with Crippen molar-refractivity contribution in [3.8, 4) is 0 Å². The second-order valence-electron chi connectivity index (χ2n) is 4.32. The molecule has 1 N–H and O–H groups in total. The fourth-order valence-corrected chi connectivity index (χ4v) is 2.57. The first-order valence-corrected chi connectivity index (χ1v) is 6.94. The fraction of sp³-hybridized carbons (Fsp3) is 0.455. The summed E-state index contributed by atoms with van der Waals surface area (Å²) in [5.74, 6) is 0.370. The van der Waals surface area contributed by atoms with E-state index in [-0.39, 0.29) is 4.90 Å². The number of hydrogen-bond donors (Lipinski definition) is 1. The molecule has 1 fully saturated rings. The van der Waals surface area contributed by atoms with Crippen LogP contribution < -0.4 is 4.72 Å². The third-order valence-corrected chi connectivity index (χ3v) is 4.19. The van der Waals surface area contributed by atoms with Crippen LogP contribution in [0.25, 0.3) is 0 Å². The standard InChI is InChI=1S/C11H12F3NO2S/c12-11(13,14)9-3-5-10(6-4-9)18(16,17)15-7-8-1-2-8/h3-6,8,15H,1-2,7H2. The van der Waals surface area contributed by atoms with Crippen LogP contribution in [-0.2, 0) is 16.2 Å². The fourth-order valence-electron chi connectivity index (χ4n) is 1.46. The SMILES string of the molecule is O=S(=O)(NCC1CC1)c1ccc(C(F)(F)F)cc1. The third-order valence-electron chi connectivity index (χ3n) is 2.75. The topological polar surface area (TPSA) is 46.2 Å². The normalized spacial score (nSPS) is 16.8. The van der Waals surface area contributed by atoms with Gasteiger partial charge in [-0.2, -0.15) is 13.2 Å². The summed E-state index contributed by atoms with van der Waals surface area (Å²) in [5.41, 5.74) is -0.858. The molecular weight excluding hydrogens is 267 g/mol. The Hall–Kier alpha value is -1.08. The maximum absolute atomic E-state index is 12.3. The molecule has 1 aliphatic rings. The quantitative estimate of drug-likeness (QED) is 0.920. The maximum Gasteiger partial charge on any atom is 0.416 e. The van der Waals surface area contributed by atoms with E-state index >= 15 is 0 Å². The van der Waals surface area contributed by atoms with Crippen molar-refractivity contribution in [1.82, 2.24) is 4.72 Å². The molecule has 0 aliphatic heterocycles. The zero-order valence-corrected chi connectivity index (χ0v) is 10.2. The summed E-state index contributed by atoms with van der Waals surface area (Å²) < 4.78 is 62.8. The Morgan fingerprint density at radius 2 is 1.72 bits per heavy atom. The third kappa shape index (κ3) is 3.23. The molecule has 7 heteroatoms. The highest BCUT2D eigenvalue weighted by atomic mass is 32.2. The highest BCUT2D eigenvalue weighted by Crippen LogP contribution is 2.30. The maximum atomic E-state index is 12.3. The first kappa shape index (κ1) is 13.4. The van der Waals surface area contributed by atoms with Gasteiger partial charge in [-0.25, -0.2) is 13.1 Å². The van der Waals surface area contributed by atoms with Crippen LogP contribution in [-0.4, -0.2) is 15.0 Å². The molecule has 1 aliphatic carbocycles. The van der Waals surface area contributed by atoms with Crippen LogP contribution in [0.5, 0.6) is 0 Å². The van der Waals surface area contributed by atoms with Gasteiger partial charge in [0.1, 0.15) is 0 Å². The first-order valence-electron chi connectivity index (χ1n) is 5.46. The molecule has 3 nitrogen and oxygen atoms in total. The van der Waals surface area contributed by atoms with Gasteiger partial charge in [0.15, 0.2) is 0 Å². The summed E-state index contributed by atoms with van der Waals surface area (Å²) in [6.45, 7) is 0.351. The molecule has 0 spiro atoms. The van der Waals surface area contributed by atoms with Crippen LogP contribution in [0, 0.1) is 5.92 Å². The van der Waals surface area contributed by atoms with Crippen molar-refractivity contribution in [3.05, 3.63) is 29.8 Å². The number of sulfonamides is 1. The zero-order chi connectivity index (χ0) is 13.4.